The number of rotatable bonds is 67. The van der Waals surface area contributed by atoms with E-state index in [9.17, 15) is 19.8 Å². The SMILES string of the molecule is CCCCCCCCCCC/C=C/C(O)C(CO)NC(=O)CCCCCCCCCCCCCCCCCCC/C=C\C/C=C\CCCCCCCCCCCCCCCCCOC(=O)CCCCCCCCCCCCCC. The summed E-state index contributed by atoms with van der Waals surface area (Å²) in [4.78, 5) is 24.5. The van der Waals surface area contributed by atoms with Gasteiger partial charge >= 0.3 is 5.97 Å². The molecule has 6 heteroatoms. The van der Waals surface area contributed by atoms with Crippen LogP contribution >= 0.6 is 0 Å². The number of ether oxygens (including phenoxy) is 1. The molecule has 0 heterocycles. The molecule has 79 heavy (non-hydrogen) atoms. The van der Waals surface area contributed by atoms with Crippen LogP contribution in [0, 0.1) is 0 Å². The van der Waals surface area contributed by atoms with Crippen LogP contribution < -0.4 is 5.32 Å². The summed E-state index contributed by atoms with van der Waals surface area (Å²) in [6.07, 6.45) is 88.2. The Morgan fingerprint density at radius 2 is 0.633 bits per heavy atom. The summed E-state index contributed by atoms with van der Waals surface area (Å²) < 4.78 is 5.48. The Balaban J connectivity index is 3.34. The first-order valence-corrected chi connectivity index (χ1v) is 35.8. The predicted octanol–water partition coefficient (Wildman–Crippen LogP) is 23.1. The lowest BCUT2D eigenvalue weighted by atomic mass is 10.0. The van der Waals surface area contributed by atoms with Crippen LogP contribution in [0.4, 0.5) is 0 Å². The third-order valence-corrected chi connectivity index (χ3v) is 16.7. The zero-order valence-corrected chi connectivity index (χ0v) is 53.4. The average molecular weight is 1110 g/mol. The number of carbonyl (C=O) groups excluding carboxylic acids is 2. The molecule has 1 amide bonds. The lowest BCUT2D eigenvalue weighted by Gasteiger charge is -2.20. The molecule has 0 aliphatic heterocycles. The first-order valence-electron chi connectivity index (χ1n) is 35.8. The fourth-order valence-corrected chi connectivity index (χ4v) is 11.2. The minimum absolute atomic E-state index is 0.0211. The predicted molar refractivity (Wildman–Crippen MR) is 347 cm³/mol. The van der Waals surface area contributed by atoms with Gasteiger partial charge in [0.25, 0.3) is 0 Å². The van der Waals surface area contributed by atoms with Crippen molar-refractivity contribution in [3.63, 3.8) is 0 Å². The van der Waals surface area contributed by atoms with Gasteiger partial charge in [0.2, 0.25) is 5.91 Å². The number of allylic oxidation sites excluding steroid dienone is 5. The fraction of sp³-hybridized carbons (Fsp3) is 0.890. The van der Waals surface area contributed by atoms with Gasteiger partial charge in [-0.05, 0) is 64.2 Å². The Morgan fingerprint density at radius 3 is 0.962 bits per heavy atom. The molecule has 0 radical (unpaired) electrons. The van der Waals surface area contributed by atoms with E-state index in [0.29, 0.717) is 19.4 Å². The molecule has 0 bridgehead atoms. The molecule has 0 aromatic heterocycles. The molecule has 466 valence electrons. The number of hydrogen-bond donors (Lipinski definition) is 3. The van der Waals surface area contributed by atoms with E-state index >= 15 is 0 Å². The van der Waals surface area contributed by atoms with Gasteiger partial charge in [-0.25, -0.2) is 0 Å². The number of unbranched alkanes of at least 4 members (excludes halogenated alkanes) is 52. The lowest BCUT2D eigenvalue weighted by molar-refractivity contribution is -0.143. The second kappa shape index (κ2) is 68.6. The summed E-state index contributed by atoms with van der Waals surface area (Å²) in [7, 11) is 0. The number of aliphatic hydroxyl groups is 2. The molecule has 0 aromatic rings. The van der Waals surface area contributed by atoms with Crippen LogP contribution in [0.15, 0.2) is 36.5 Å². The van der Waals surface area contributed by atoms with Crippen LogP contribution in [0.3, 0.4) is 0 Å². The number of carbonyl (C=O) groups is 2. The van der Waals surface area contributed by atoms with Gasteiger partial charge in [0.1, 0.15) is 0 Å². The zero-order valence-electron chi connectivity index (χ0n) is 53.4. The highest BCUT2D eigenvalue weighted by Crippen LogP contribution is 2.18. The maximum absolute atomic E-state index is 12.4. The normalized spacial score (nSPS) is 12.7. The fourth-order valence-electron chi connectivity index (χ4n) is 11.2. The number of aliphatic hydroxyl groups excluding tert-OH is 2. The third kappa shape index (κ3) is 65.1. The van der Waals surface area contributed by atoms with E-state index in [2.05, 4.69) is 43.5 Å². The van der Waals surface area contributed by atoms with Gasteiger partial charge in [0.05, 0.1) is 25.4 Å². The molecule has 6 nitrogen and oxygen atoms in total. The molecule has 0 aromatic carbocycles. The average Bonchev–Trinajstić information content (AvgIpc) is 3.45. The van der Waals surface area contributed by atoms with Crippen molar-refractivity contribution in [2.24, 2.45) is 0 Å². The van der Waals surface area contributed by atoms with E-state index < -0.39 is 12.1 Å². The Morgan fingerprint density at radius 1 is 0.354 bits per heavy atom. The lowest BCUT2D eigenvalue weighted by Crippen LogP contribution is -2.45. The Labute approximate surface area is 494 Å². The Kier molecular flexibility index (Phi) is 66.9. The summed E-state index contributed by atoms with van der Waals surface area (Å²) in [6, 6.07) is -0.624. The summed E-state index contributed by atoms with van der Waals surface area (Å²) in [5, 5.41) is 23.1. The standard InChI is InChI=1S/C73H139NO5/c1-3-5-7-9-11-13-15-47-51-55-59-63-67-73(78)79-68-64-60-56-52-48-44-42-40-38-36-34-32-30-28-26-24-22-20-18-16-17-19-21-23-25-27-29-31-33-35-37-39-41-43-46-50-54-58-62-66-72(77)74-70(69-75)71(76)65-61-57-53-49-45-14-12-10-8-6-4-2/h16-17,20,22,61,65,70-71,75-76H,3-15,18-19,21,23-60,62-64,66-69H2,1-2H3,(H,74,77)/b17-16-,22-20-,65-61+. The summed E-state index contributed by atoms with van der Waals surface area (Å²) in [6.45, 7) is 4.92. The molecule has 0 aliphatic carbocycles. The number of esters is 1. The second-order valence-corrected chi connectivity index (χ2v) is 24.6. The number of amides is 1. The smallest absolute Gasteiger partial charge is 0.305 e. The Hall–Kier alpha value is -1.92. The molecular formula is C73H139NO5. The topological polar surface area (TPSA) is 95.9 Å². The van der Waals surface area contributed by atoms with E-state index in [1.165, 1.54) is 321 Å². The first-order chi connectivity index (χ1) is 39.0. The second-order valence-electron chi connectivity index (χ2n) is 24.6. The molecule has 2 unspecified atom stereocenters. The number of nitrogens with one attached hydrogen (secondary N) is 1. The van der Waals surface area contributed by atoms with Crippen LogP contribution in [0.5, 0.6) is 0 Å². The molecule has 0 saturated heterocycles. The van der Waals surface area contributed by atoms with Gasteiger partial charge < -0.3 is 20.3 Å². The highest BCUT2D eigenvalue weighted by Gasteiger charge is 2.18. The molecule has 0 spiro atoms. The van der Waals surface area contributed by atoms with Crippen molar-refractivity contribution >= 4 is 11.9 Å². The molecule has 3 N–H and O–H groups in total. The highest BCUT2D eigenvalue weighted by molar-refractivity contribution is 5.76. The van der Waals surface area contributed by atoms with Crippen LogP contribution in [0.25, 0.3) is 0 Å². The van der Waals surface area contributed by atoms with Gasteiger partial charge in [-0.3, -0.25) is 9.59 Å². The molecule has 0 fully saturated rings. The van der Waals surface area contributed by atoms with Crippen LogP contribution in [0.1, 0.15) is 393 Å². The van der Waals surface area contributed by atoms with Crippen molar-refractivity contribution in [3.05, 3.63) is 36.5 Å². The van der Waals surface area contributed by atoms with Crippen molar-refractivity contribution in [1.82, 2.24) is 5.32 Å². The van der Waals surface area contributed by atoms with Crippen LogP contribution in [-0.2, 0) is 14.3 Å². The van der Waals surface area contributed by atoms with Crippen molar-refractivity contribution in [1.29, 1.82) is 0 Å². The monoisotopic (exact) mass is 1110 g/mol. The summed E-state index contributed by atoms with van der Waals surface area (Å²) >= 11 is 0. The van der Waals surface area contributed by atoms with E-state index in [1.54, 1.807) is 6.08 Å². The van der Waals surface area contributed by atoms with Crippen molar-refractivity contribution in [2.45, 2.75) is 405 Å². The molecule has 0 rings (SSSR count). The molecular weight excluding hydrogens is 971 g/mol. The summed E-state index contributed by atoms with van der Waals surface area (Å²) in [5.41, 5.74) is 0. The van der Waals surface area contributed by atoms with Crippen LogP contribution in [0.2, 0.25) is 0 Å². The molecule has 0 saturated carbocycles. The maximum Gasteiger partial charge on any atom is 0.305 e. The van der Waals surface area contributed by atoms with E-state index in [4.69, 9.17) is 4.74 Å². The molecule has 0 aliphatic rings. The van der Waals surface area contributed by atoms with Gasteiger partial charge in [0.15, 0.2) is 0 Å². The van der Waals surface area contributed by atoms with Crippen LogP contribution in [-0.4, -0.2) is 47.4 Å². The van der Waals surface area contributed by atoms with Crippen molar-refractivity contribution < 1.29 is 24.5 Å². The van der Waals surface area contributed by atoms with Gasteiger partial charge in [0, 0.05) is 12.8 Å². The van der Waals surface area contributed by atoms with E-state index in [-0.39, 0.29) is 18.5 Å². The van der Waals surface area contributed by atoms with Gasteiger partial charge in [-0.1, -0.05) is 352 Å². The van der Waals surface area contributed by atoms with Crippen molar-refractivity contribution in [2.75, 3.05) is 13.2 Å². The first kappa shape index (κ1) is 77.1. The Bertz CT molecular complexity index is 1280. The van der Waals surface area contributed by atoms with Crippen molar-refractivity contribution in [3.8, 4) is 0 Å². The quantitative estimate of drug-likeness (QED) is 0.0320. The number of hydrogen-bond acceptors (Lipinski definition) is 5. The minimum atomic E-state index is -0.841. The largest absolute Gasteiger partial charge is 0.466 e. The zero-order chi connectivity index (χ0) is 57.1. The van der Waals surface area contributed by atoms with E-state index in [0.717, 1.165) is 44.9 Å². The third-order valence-electron chi connectivity index (χ3n) is 16.7. The molecule has 2 atom stereocenters. The summed E-state index contributed by atoms with van der Waals surface area (Å²) in [5.74, 6) is -0.0437. The minimum Gasteiger partial charge on any atom is -0.466 e. The van der Waals surface area contributed by atoms with Gasteiger partial charge in [-0.2, -0.15) is 0 Å². The van der Waals surface area contributed by atoms with Gasteiger partial charge in [-0.15, -0.1) is 0 Å². The van der Waals surface area contributed by atoms with E-state index in [1.807, 2.05) is 6.08 Å². The highest BCUT2D eigenvalue weighted by atomic mass is 16.5. The maximum atomic E-state index is 12.4.